The molecular weight excluding hydrogens is 306 g/mol. The maximum absolute atomic E-state index is 12.3. The Bertz CT molecular complexity index is 509. The Morgan fingerprint density at radius 1 is 1.41 bits per heavy atom. The van der Waals surface area contributed by atoms with Crippen molar-refractivity contribution in [3.05, 3.63) is 28.2 Å². The first-order valence-corrected chi connectivity index (χ1v) is 7.59. The molecule has 0 radical (unpaired) electrons. The minimum atomic E-state index is -3.45. The van der Waals surface area contributed by atoms with E-state index in [2.05, 4.69) is 15.9 Å². The summed E-state index contributed by atoms with van der Waals surface area (Å²) < 4.78 is 31.8. The van der Waals surface area contributed by atoms with Crippen molar-refractivity contribution in [1.82, 2.24) is 4.31 Å². The molecule has 17 heavy (non-hydrogen) atoms. The van der Waals surface area contributed by atoms with Crippen molar-refractivity contribution >= 4 is 26.0 Å². The lowest BCUT2D eigenvalue weighted by Crippen LogP contribution is -2.38. The number of aryl methyl sites for hydroxylation is 1. The van der Waals surface area contributed by atoms with Crippen molar-refractivity contribution in [2.45, 2.75) is 18.2 Å². The molecule has 2 rings (SSSR count). The Kier molecular flexibility index (Phi) is 3.87. The van der Waals surface area contributed by atoms with Crippen molar-refractivity contribution in [2.75, 3.05) is 19.9 Å². The first-order valence-electron chi connectivity index (χ1n) is 5.36. The fourth-order valence-corrected chi connectivity index (χ4v) is 4.23. The minimum absolute atomic E-state index is 0.142. The summed E-state index contributed by atoms with van der Waals surface area (Å²) >= 11 is 3.30. The van der Waals surface area contributed by atoms with Gasteiger partial charge >= 0.3 is 0 Å². The first-order chi connectivity index (χ1) is 8.01. The Labute approximate surface area is 110 Å². The van der Waals surface area contributed by atoms with Gasteiger partial charge in [-0.3, -0.25) is 0 Å². The van der Waals surface area contributed by atoms with Crippen molar-refractivity contribution in [3.8, 4) is 0 Å². The largest absolute Gasteiger partial charge is 0.365 e. The summed E-state index contributed by atoms with van der Waals surface area (Å²) in [4.78, 5) is 0.300. The highest BCUT2D eigenvalue weighted by molar-refractivity contribution is 9.10. The van der Waals surface area contributed by atoms with Crippen LogP contribution >= 0.6 is 15.9 Å². The fourth-order valence-electron chi connectivity index (χ4n) is 1.72. The van der Waals surface area contributed by atoms with Gasteiger partial charge in [0.25, 0.3) is 0 Å². The first kappa shape index (κ1) is 13.0. The maximum atomic E-state index is 12.3. The molecule has 1 aromatic rings. The molecule has 1 fully saturated rings. The highest BCUT2D eigenvalue weighted by atomic mass is 79.9. The predicted molar refractivity (Wildman–Crippen MR) is 68.2 cm³/mol. The molecule has 0 spiro atoms. The van der Waals surface area contributed by atoms with E-state index in [9.17, 15) is 8.42 Å². The van der Waals surface area contributed by atoms with Gasteiger partial charge in [-0.2, -0.15) is 4.31 Å². The van der Waals surface area contributed by atoms with Crippen LogP contribution in [0, 0.1) is 6.92 Å². The highest BCUT2D eigenvalue weighted by Crippen LogP contribution is 2.26. The van der Waals surface area contributed by atoms with Crippen LogP contribution in [0.3, 0.4) is 0 Å². The van der Waals surface area contributed by atoms with Gasteiger partial charge in [0.15, 0.2) is 0 Å². The SMILES string of the molecule is Cc1ccc(S(=O)(=O)N2CCCOC2)c(Br)c1. The van der Waals surface area contributed by atoms with E-state index >= 15 is 0 Å². The summed E-state index contributed by atoms with van der Waals surface area (Å²) in [6.07, 6.45) is 0.739. The summed E-state index contributed by atoms with van der Waals surface area (Å²) in [5.74, 6) is 0. The normalized spacial score (nSPS) is 18.2. The molecule has 1 aromatic carbocycles. The molecule has 0 N–H and O–H groups in total. The minimum Gasteiger partial charge on any atom is -0.365 e. The third-order valence-electron chi connectivity index (χ3n) is 2.64. The second-order valence-electron chi connectivity index (χ2n) is 4.01. The number of nitrogens with zero attached hydrogens (tertiary/aromatic N) is 1. The van der Waals surface area contributed by atoms with Gasteiger partial charge in [0.05, 0.1) is 4.90 Å². The number of sulfonamides is 1. The Morgan fingerprint density at radius 3 is 2.76 bits per heavy atom. The predicted octanol–water partition coefficient (Wildman–Crippen LogP) is 2.13. The van der Waals surface area contributed by atoms with Crippen LogP contribution in [0.2, 0.25) is 0 Å². The van der Waals surface area contributed by atoms with Crippen LogP contribution in [0.1, 0.15) is 12.0 Å². The van der Waals surface area contributed by atoms with E-state index in [0.29, 0.717) is 22.5 Å². The zero-order valence-corrected chi connectivity index (χ0v) is 11.9. The van der Waals surface area contributed by atoms with Crippen molar-refractivity contribution < 1.29 is 13.2 Å². The topological polar surface area (TPSA) is 46.6 Å². The van der Waals surface area contributed by atoms with Gasteiger partial charge in [-0.05, 0) is 47.0 Å². The van der Waals surface area contributed by atoms with E-state index < -0.39 is 10.0 Å². The van der Waals surface area contributed by atoms with Crippen LogP contribution in [0.25, 0.3) is 0 Å². The second kappa shape index (κ2) is 5.06. The lowest BCUT2D eigenvalue weighted by atomic mass is 10.2. The van der Waals surface area contributed by atoms with Gasteiger partial charge in [0.1, 0.15) is 6.73 Å². The van der Waals surface area contributed by atoms with E-state index in [1.54, 1.807) is 18.2 Å². The molecule has 1 aliphatic heterocycles. The molecule has 0 bridgehead atoms. The van der Waals surface area contributed by atoms with Crippen molar-refractivity contribution in [2.24, 2.45) is 0 Å². The number of ether oxygens (including phenoxy) is 1. The van der Waals surface area contributed by atoms with Crippen LogP contribution in [-0.4, -0.2) is 32.6 Å². The Morgan fingerprint density at radius 2 is 2.18 bits per heavy atom. The Hall–Kier alpha value is -0.430. The molecule has 94 valence electrons. The molecule has 1 aliphatic rings. The average Bonchev–Trinajstić information content (AvgIpc) is 2.29. The molecule has 4 nitrogen and oxygen atoms in total. The molecule has 0 atom stereocenters. The lowest BCUT2D eigenvalue weighted by molar-refractivity contribution is 0.0313. The number of halogens is 1. The molecule has 0 aliphatic carbocycles. The van der Waals surface area contributed by atoms with Crippen LogP contribution in [0.4, 0.5) is 0 Å². The second-order valence-corrected chi connectivity index (χ2v) is 6.77. The summed E-state index contributed by atoms with van der Waals surface area (Å²) in [6.45, 7) is 3.21. The van der Waals surface area contributed by atoms with Crippen molar-refractivity contribution in [3.63, 3.8) is 0 Å². The van der Waals surface area contributed by atoms with E-state index in [4.69, 9.17) is 4.74 Å². The number of hydrogen-bond acceptors (Lipinski definition) is 3. The van der Waals surface area contributed by atoms with E-state index in [1.165, 1.54) is 4.31 Å². The zero-order chi connectivity index (χ0) is 12.5. The third kappa shape index (κ3) is 2.70. The molecule has 0 amide bonds. The number of benzene rings is 1. The monoisotopic (exact) mass is 319 g/mol. The number of rotatable bonds is 2. The number of hydrogen-bond donors (Lipinski definition) is 0. The summed E-state index contributed by atoms with van der Waals surface area (Å²) in [5.41, 5.74) is 1.02. The van der Waals surface area contributed by atoms with Crippen LogP contribution < -0.4 is 0 Å². The zero-order valence-electron chi connectivity index (χ0n) is 9.52. The lowest BCUT2D eigenvalue weighted by Gasteiger charge is -2.26. The average molecular weight is 320 g/mol. The molecule has 1 heterocycles. The molecule has 0 unspecified atom stereocenters. The molecular formula is C11H14BrNO3S. The van der Waals surface area contributed by atoms with Crippen LogP contribution in [0.5, 0.6) is 0 Å². The quantitative estimate of drug-likeness (QED) is 0.839. The van der Waals surface area contributed by atoms with Gasteiger partial charge in [-0.25, -0.2) is 8.42 Å². The van der Waals surface area contributed by atoms with E-state index in [-0.39, 0.29) is 6.73 Å². The standard InChI is InChI=1S/C11H14BrNO3S/c1-9-3-4-11(10(12)7-9)17(14,15)13-5-2-6-16-8-13/h3-4,7H,2,5-6,8H2,1H3. The van der Waals surface area contributed by atoms with Crippen LogP contribution in [-0.2, 0) is 14.8 Å². The summed E-state index contributed by atoms with van der Waals surface area (Å²) in [6, 6.07) is 5.23. The smallest absolute Gasteiger partial charge is 0.246 e. The van der Waals surface area contributed by atoms with Gasteiger partial charge in [0.2, 0.25) is 10.0 Å². The molecule has 0 saturated carbocycles. The van der Waals surface area contributed by atoms with Crippen molar-refractivity contribution in [1.29, 1.82) is 0 Å². The molecule has 6 heteroatoms. The molecule has 0 aromatic heterocycles. The summed E-state index contributed by atoms with van der Waals surface area (Å²) in [5, 5.41) is 0. The van der Waals surface area contributed by atoms with Gasteiger partial charge in [0, 0.05) is 17.6 Å². The maximum Gasteiger partial charge on any atom is 0.246 e. The van der Waals surface area contributed by atoms with Gasteiger partial charge in [-0.15, -0.1) is 0 Å². The van der Waals surface area contributed by atoms with Gasteiger partial charge in [-0.1, -0.05) is 6.07 Å². The highest BCUT2D eigenvalue weighted by Gasteiger charge is 2.28. The van der Waals surface area contributed by atoms with Gasteiger partial charge < -0.3 is 4.74 Å². The van der Waals surface area contributed by atoms with E-state index in [1.807, 2.05) is 6.92 Å². The van der Waals surface area contributed by atoms with E-state index in [0.717, 1.165) is 12.0 Å². The third-order valence-corrected chi connectivity index (χ3v) is 5.43. The summed E-state index contributed by atoms with van der Waals surface area (Å²) in [7, 11) is -3.45. The molecule has 1 saturated heterocycles. The Balaban J connectivity index is 2.37. The fraction of sp³-hybridized carbons (Fsp3) is 0.455. The van der Waals surface area contributed by atoms with Crippen LogP contribution in [0.15, 0.2) is 27.6 Å².